The lowest BCUT2D eigenvalue weighted by Gasteiger charge is -2.14. The number of benzene rings is 3. The summed E-state index contributed by atoms with van der Waals surface area (Å²) in [7, 11) is 0. The molecule has 2 amide bonds. The Morgan fingerprint density at radius 2 is 1.65 bits per heavy atom. The molecule has 3 nitrogen and oxygen atoms in total. The molecule has 31 heavy (non-hydrogen) atoms. The molecule has 0 aromatic heterocycles. The number of imide groups is 1. The van der Waals surface area contributed by atoms with E-state index in [0.717, 1.165) is 32.0 Å². The van der Waals surface area contributed by atoms with Gasteiger partial charge in [-0.25, -0.2) is 4.39 Å². The lowest BCUT2D eigenvalue weighted by Crippen LogP contribution is -2.28. The van der Waals surface area contributed by atoms with Gasteiger partial charge < -0.3 is 0 Å². The second kappa shape index (κ2) is 9.30. The number of carbonyl (C=O) groups excluding carboxylic acids is 2. The standard InChI is InChI=1S/C24H17ClFNO2S2/c1-15-5-9-17(10-6-15)30-18-11-7-16(8-12-18)13-22-23(28)27(24(29)31-22)14-19-20(25)3-2-4-21(19)26/h2-13H,14H2,1H3/b22-13-. The van der Waals surface area contributed by atoms with Crippen LogP contribution in [0.3, 0.4) is 0 Å². The predicted octanol–water partition coefficient (Wildman–Crippen LogP) is 7.18. The van der Waals surface area contributed by atoms with Crippen LogP contribution in [0.2, 0.25) is 5.02 Å². The second-order valence-corrected chi connectivity index (χ2v) is 9.50. The Morgan fingerprint density at radius 1 is 1.00 bits per heavy atom. The van der Waals surface area contributed by atoms with Crippen molar-refractivity contribution in [2.75, 3.05) is 0 Å². The summed E-state index contributed by atoms with van der Waals surface area (Å²) in [5.74, 6) is -0.996. The van der Waals surface area contributed by atoms with Crippen molar-refractivity contribution in [1.82, 2.24) is 4.90 Å². The van der Waals surface area contributed by atoms with Crippen LogP contribution in [-0.2, 0) is 11.3 Å². The molecule has 1 heterocycles. The highest BCUT2D eigenvalue weighted by Crippen LogP contribution is 2.35. The van der Waals surface area contributed by atoms with Crippen LogP contribution in [0, 0.1) is 12.7 Å². The predicted molar refractivity (Wildman–Crippen MR) is 125 cm³/mol. The van der Waals surface area contributed by atoms with Gasteiger partial charge in [0.25, 0.3) is 11.1 Å². The summed E-state index contributed by atoms with van der Waals surface area (Å²) < 4.78 is 14.1. The van der Waals surface area contributed by atoms with E-state index in [1.165, 1.54) is 23.8 Å². The molecule has 156 valence electrons. The van der Waals surface area contributed by atoms with Gasteiger partial charge in [-0.1, -0.05) is 59.3 Å². The number of nitrogens with zero attached hydrogens (tertiary/aromatic N) is 1. The van der Waals surface area contributed by atoms with E-state index in [2.05, 4.69) is 31.2 Å². The van der Waals surface area contributed by atoms with Crippen LogP contribution in [0.5, 0.6) is 0 Å². The Balaban J connectivity index is 1.48. The Labute approximate surface area is 193 Å². The van der Waals surface area contributed by atoms with Gasteiger partial charge in [0.15, 0.2) is 0 Å². The van der Waals surface area contributed by atoms with Crippen molar-refractivity contribution in [3.8, 4) is 0 Å². The van der Waals surface area contributed by atoms with E-state index in [4.69, 9.17) is 11.6 Å². The van der Waals surface area contributed by atoms with Gasteiger partial charge in [-0.2, -0.15) is 0 Å². The van der Waals surface area contributed by atoms with E-state index in [1.54, 1.807) is 17.8 Å². The molecular weight excluding hydrogens is 453 g/mol. The fourth-order valence-corrected chi connectivity index (χ4v) is 4.88. The van der Waals surface area contributed by atoms with Gasteiger partial charge in [0, 0.05) is 20.4 Å². The second-order valence-electron chi connectivity index (χ2n) is 6.95. The van der Waals surface area contributed by atoms with Gasteiger partial charge in [-0.15, -0.1) is 0 Å². The Hall–Kier alpha value is -2.54. The lowest BCUT2D eigenvalue weighted by molar-refractivity contribution is -0.123. The maximum atomic E-state index is 14.1. The molecular formula is C24H17ClFNO2S2. The summed E-state index contributed by atoms with van der Waals surface area (Å²) in [5, 5.41) is -0.258. The number of amides is 2. The monoisotopic (exact) mass is 469 g/mol. The number of halogens is 2. The quantitative estimate of drug-likeness (QED) is 0.371. The first-order chi connectivity index (χ1) is 14.9. The third kappa shape index (κ3) is 5.03. The molecule has 3 aromatic carbocycles. The minimum atomic E-state index is -0.544. The van der Waals surface area contributed by atoms with Crippen LogP contribution in [0.25, 0.3) is 6.08 Å². The zero-order valence-corrected chi connectivity index (χ0v) is 18.9. The molecule has 0 saturated carbocycles. The van der Waals surface area contributed by atoms with Crippen molar-refractivity contribution in [1.29, 1.82) is 0 Å². The maximum absolute atomic E-state index is 14.1. The molecule has 0 atom stereocenters. The van der Waals surface area contributed by atoms with Gasteiger partial charge >= 0.3 is 0 Å². The molecule has 7 heteroatoms. The third-order valence-electron chi connectivity index (χ3n) is 4.69. The Kier molecular flexibility index (Phi) is 6.51. The molecule has 1 saturated heterocycles. The smallest absolute Gasteiger partial charge is 0.268 e. The first-order valence-electron chi connectivity index (χ1n) is 9.43. The van der Waals surface area contributed by atoms with Crippen LogP contribution >= 0.6 is 35.1 Å². The van der Waals surface area contributed by atoms with Crippen LogP contribution in [0.4, 0.5) is 9.18 Å². The van der Waals surface area contributed by atoms with Crippen molar-refractivity contribution in [3.05, 3.63) is 99.2 Å². The number of thioether (sulfide) groups is 1. The molecule has 0 radical (unpaired) electrons. The van der Waals surface area contributed by atoms with E-state index >= 15 is 0 Å². The van der Waals surface area contributed by atoms with Gasteiger partial charge in [-0.05, 0) is 66.7 Å². The molecule has 0 spiro atoms. The van der Waals surface area contributed by atoms with E-state index in [9.17, 15) is 14.0 Å². The summed E-state index contributed by atoms with van der Waals surface area (Å²) in [6, 6.07) is 20.3. The van der Waals surface area contributed by atoms with Gasteiger partial charge in [-0.3, -0.25) is 14.5 Å². The highest BCUT2D eigenvalue weighted by molar-refractivity contribution is 8.18. The van der Waals surface area contributed by atoms with Crippen LogP contribution in [0.1, 0.15) is 16.7 Å². The third-order valence-corrected chi connectivity index (χ3v) is 6.96. The number of aryl methyl sites for hydroxylation is 1. The van der Waals surface area contributed by atoms with Crippen molar-refractivity contribution in [3.63, 3.8) is 0 Å². The lowest BCUT2D eigenvalue weighted by atomic mass is 10.2. The Bertz CT molecular complexity index is 1160. The maximum Gasteiger partial charge on any atom is 0.293 e. The highest BCUT2D eigenvalue weighted by Gasteiger charge is 2.35. The average molecular weight is 470 g/mol. The average Bonchev–Trinajstić information content (AvgIpc) is 3.01. The SMILES string of the molecule is Cc1ccc(Sc2ccc(/C=C3\SC(=O)N(Cc4c(F)cccc4Cl)C3=O)cc2)cc1. The zero-order valence-electron chi connectivity index (χ0n) is 16.5. The van der Waals surface area contributed by atoms with Crippen molar-refractivity contribution >= 4 is 52.3 Å². The van der Waals surface area contributed by atoms with Gasteiger partial charge in [0.1, 0.15) is 5.82 Å². The first kappa shape index (κ1) is 21.7. The van der Waals surface area contributed by atoms with Crippen molar-refractivity contribution in [2.24, 2.45) is 0 Å². The molecule has 1 fully saturated rings. The van der Waals surface area contributed by atoms with Crippen molar-refractivity contribution in [2.45, 2.75) is 23.3 Å². The number of carbonyl (C=O) groups is 2. The summed E-state index contributed by atoms with van der Waals surface area (Å²) in [6.07, 6.45) is 1.67. The van der Waals surface area contributed by atoms with E-state index in [0.29, 0.717) is 4.91 Å². The molecule has 0 bridgehead atoms. The van der Waals surface area contributed by atoms with Gasteiger partial charge in [0.2, 0.25) is 0 Å². The molecule has 1 aliphatic rings. The molecule has 0 aliphatic carbocycles. The number of rotatable bonds is 5. The summed E-state index contributed by atoms with van der Waals surface area (Å²) in [5.41, 5.74) is 2.15. The van der Waals surface area contributed by atoms with E-state index in [1.807, 2.05) is 24.3 Å². The highest BCUT2D eigenvalue weighted by atomic mass is 35.5. The molecule has 3 aromatic rings. The van der Waals surface area contributed by atoms with Gasteiger partial charge in [0.05, 0.1) is 11.4 Å². The van der Waals surface area contributed by atoms with Crippen LogP contribution in [-0.4, -0.2) is 16.0 Å². The van der Waals surface area contributed by atoms with E-state index < -0.39 is 17.0 Å². The van der Waals surface area contributed by atoms with Crippen LogP contribution < -0.4 is 0 Å². The zero-order chi connectivity index (χ0) is 22.0. The Morgan fingerprint density at radius 3 is 2.29 bits per heavy atom. The minimum absolute atomic E-state index is 0.130. The fraction of sp³-hybridized carbons (Fsp3) is 0.0833. The fourth-order valence-electron chi connectivity index (χ4n) is 3.00. The first-order valence-corrected chi connectivity index (χ1v) is 11.4. The number of hydrogen-bond acceptors (Lipinski definition) is 4. The molecule has 1 aliphatic heterocycles. The molecule has 4 rings (SSSR count). The molecule has 0 N–H and O–H groups in total. The largest absolute Gasteiger partial charge is 0.293 e. The minimum Gasteiger partial charge on any atom is -0.268 e. The topological polar surface area (TPSA) is 37.4 Å². The van der Waals surface area contributed by atoms with E-state index in [-0.39, 0.29) is 17.1 Å². The van der Waals surface area contributed by atoms with Crippen molar-refractivity contribution < 1.29 is 14.0 Å². The molecule has 0 unspecified atom stereocenters. The summed E-state index contributed by atoms with van der Waals surface area (Å²) in [6.45, 7) is 1.86. The van der Waals surface area contributed by atoms with Crippen LogP contribution in [0.15, 0.2) is 81.4 Å². The number of hydrogen-bond donors (Lipinski definition) is 0. The summed E-state index contributed by atoms with van der Waals surface area (Å²) >= 11 is 8.53. The normalized spacial score (nSPS) is 15.2. The summed E-state index contributed by atoms with van der Waals surface area (Å²) in [4.78, 5) is 28.6.